The lowest BCUT2D eigenvalue weighted by Crippen LogP contribution is -2.65. The van der Waals surface area contributed by atoms with Crippen molar-refractivity contribution in [2.75, 3.05) is 13.1 Å². The number of aliphatic hydroxyl groups excluding tert-OH is 1. The molecule has 0 radical (unpaired) electrons. The van der Waals surface area contributed by atoms with E-state index < -0.39 is 49.1 Å². The molecule has 0 rings (SSSR count). The quantitative estimate of drug-likeness (QED) is 0.616. The summed E-state index contributed by atoms with van der Waals surface area (Å²) in [5.74, 6) is -21.9. The summed E-state index contributed by atoms with van der Waals surface area (Å²) in [6, 6.07) is 0. The van der Waals surface area contributed by atoms with Gasteiger partial charge >= 0.3 is 29.9 Å². The van der Waals surface area contributed by atoms with E-state index in [9.17, 15) is 44.3 Å². The summed E-state index contributed by atoms with van der Waals surface area (Å²) in [5.41, 5.74) is 0. The highest BCUT2D eigenvalue weighted by Crippen LogP contribution is 2.53. The topological polar surface area (TPSA) is 69.6 Å². The molecule has 0 heterocycles. The normalized spacial score (nSPS) is 15.9. The third kappa shape index (κ3) is 3.70. The molecule has 3 N–H and O–H groups in total. The highest BCUT2D eigenvalue weighted by Gasteiger charge is 2.82. The zero-order chi connectivity index (χ0) is 17.3. The first-order valence-electron chi connectivity index (χ1n) is 4.89. The Kier molecular flexibility index (Phi) is 5.52. The van der Waals surface area contributed by atoms with Gasteiger partial charge in [-0.25, -0.2) is 0 Å². The van der Waals surface area contributed by atoms with Crippen LogP contribution in [0.1, 0.15) is 0 Å². The second-order valence-electron chi connectivity index (χ2n) is 3.81. The molecule has 126 valence electrons. The molecule has 0 aromatic rings. The van der Waals surface area contributed by atoms with E-state index in [0.29, 0.717) is 0 Å². The Morgan fingerprint density at radius 1 is 0.952 bits per heavy atom. The van der Waals surface area contributed by atoms with Crippen LogP contribution in [0.5, 0.6) is 0 Å². The fourth-order valence-corrected chi connectivity index (χ4v) is 1.04. The monoisotopic (exact) mass is 337 g/mol. The van der Waals surface area contributed by atoms with Crippen molar-refractivity contribution in [2.24, 2.45) is 0 Å². The molecule has 0 bridgehead atoms. The highest BCUT2D eigenvalue weighted by atomic mass is 19.4. The lowest BCUT2D eigenvalue weighted by atomic mass is 9.99. The Hall–Kier alpha value is -1.24. The van der Waals surface area contributed by atoms with Crippen LogP contribution in [-0.2, 0) is 4.79 Å². The Morgan fingerprint density at radius 3 is 1.71 bits per heavy atom. The van der Waals surface area contributed by atoms with E-state index in [1.807, 2.05) is 0 Å². The summed E-state index contributed by atoms with van der Waals surface area (Å²) in [7, 11) is 0. The molecule has 0 aromatic carbocycles. The largest absolute Gasteiger partial charge is 0.480 e. The van der Waals surface area contributed by atoms with Gasteiger partial charge < -0.3 is 15.5 Å². The first kappa shape index (κ1) is 19.8. The third-order valence-corrected chi connectivity index (χ3v) is 2.20. The maximum absolute atomic E-state index is 13.0. The number of halogens is 9. The molecule has 13 heteroatoms. The van der Waals surface area contributed by atoms with Crippen molar-refractivity contribution >= 4 is 5.97 Å². The molecule has 0 saturated heterocycles. The molecule has 0 aliphatic carbocycles. The van der Waals surface area contributed by atoms with Crippen LogP contribution in [0.2, 0.25) is 0 Å². The van der Waals surface area contributed by atoms with Gasteiger partial charge in [-0.2, -0.15) is 39.5 Å². The first-order chi connectivity index (χ1) is 9.09. The van der Waals surface area contributed by atoms with Gasteiger partial charge in [0.05, 0.1) is 6.54 Å². The van der Waals surface area contributed by atoms with Gasteiger partial charge in [0, 0.05) is 6.54 Å². The predicted molar refractivity (Wildman–Crippen MR) is 47.4 cm³/mol. The van der Waals surface area contributed by atoms with Gasteiger partial charge in [-0.1, -0.05) is 0 Å². The van der Waals surface area contributed by atoms with Gasteiger partial charge in [0.2, 0.25) is 0 Å². The van der Waals surface area contributed by atoms with E-state index in [1.54, 1.807) is 0 Å². The van der Waals surface area contributed by atoms with Gasteiger partial charge in [0.1, 0.15) is 6.10 Å². The number of nitrogens with one attached hydrogen (secondary N) is 1. The van der Waals surface area contributed by atoms with Crippen LogP contribution >= 0.6 is 0 Å². The Bertz CT molecular complexity index is 382. The summed E-state index contributed by atoms with van der Waals surface area (Å²) in [4.78, 5) is 9.97. The Balaban J connectivity index is 5.23. The maximum atomic E-state index is 13.0. The minimum atomic E-state index is -7.10. The molecule has 0 spiro atoms. The number of rotatable bonds is 7. The molecule has 0 saturated carbocycles. The Morgan fingerprint density at radius 2 is 1.38 bits per heavy atom. The molecule has 21 heavy (non-hydrogen) atoms. The van der Waals surface area contributed by atoms with Crippen LogP contribution in [0, 0.1) is 0 Å². The van der Waals surface area contributed by atoms with Gasteiger partial charge in [-0.05, 0) is 0 Å². The second-order valence-corrected chi connectivity index (χ2v) is 3.81. The molecule has 0 aromatic heterocycles. The minimum Gasteiger partial charge on any atom is -0.480 e. The molecular weight excluding hydrogens is 329 g/mol. The zero-order valence-corrected chi connectivity index (χ0v) is 9.70. The van der Waals surface area contributed by atoms with Crippen molar-refractivity contribution < 1.29 is 54.5 Å². The molecule has 1 atom stereocenters. The number of carboxylic acids is 1. The van der Waals surface area contributed by atoms with Crippen LogP contribution in [0.3, 0.4) is 0 Å². The number of aliphatic carboxylic acids is 1. The molecular formula is C8H8F9NO3. The maximum Gasteiger partial charge on any atom is 0.460 e. The van der Waals surface area contributed by atoms with Crippen molar-refractivity contribution in [1.29, 1.82) is 0 Å². The molecule has 0 aliphatic rings. The molecule has 0 amide bonds. The first-order valence-corrected chi connectivity index (χ1v) is 4.89. The van der Waals surface area contributed by atoms with Gasteiger partial charge in [-0.15, -0.1) is 0 Å². The van der Waals surface area contributed by atoms with Crippen molar-refractivity contribution in [3.63, 3.8) is 0 Å². The average molecular weight is 337 g/mol. The summed E-state index contributed by atoms with van der Waals surface area (Å²) >= 11 is 0. The fourth-order valence-electron chi connectivity index (χ4n) is 1.04. The van der Waals surface area contributed by atoms with Crippen LogP contribution in [-0.4, -0.2) is 59.3 Å². The van der Waals surface area contributed by atoms with E-state index >= 15 is 0 Å². The van der Waals surface area contributed by atoms with Gasteiger partial charge in [-0.3, -0.25) is 4.79 Å². The average Bonchev–Trinajstić information content (AvgIpc) is 2.26. The van der Waals surface area contributed by atoms with Gasteiger partial charge in [0.15, 0.2) is 0 Å². The van der Waals surface area contributed by atoms with E-state index in [-0.39, 0.29) is 0 Å². The number of carbonyl (C=O) groups is 1. The smallest absolute Gasteiger partial charge is 0.460 e. The number of aliphatic hydroxyl groups is 1. The fraction of sp³-hybridized carbons (Fsp3) is 0.875. The number of carboxylic acid groups (broad SMARTS) is 1. The standard InChI is InChI=1S/C8H8F9NO3/c9-5(10,3(19)1-18-2-4(20)21)6(11,12)7(13,14)8(15,16)17/h3,18-19H,1-2H2,(H,20,21)/t3-/m0/s1. The van der Waals surface area contributed by atoms with E-state index in [2.05, 4.69) is 0 Å². The lowest BCUT2D eigenvalue weighted by molar-refractivity contribution is -0.405. The van der Waals surface area contributed by atoms with Crippen molar-refractivity contribution in [3.05, 3.63) is 0 Å². The van der Waals surface area contributed by atoms with Crippen LogP contribution in [0.15, 0.2) is 0 Å². The van der Waals surface area contributed by atoms with E-state index in [4.69, 9.17) is 10.2 Å². The molecule has 0 fully saturated rings. The van der Waals surface area contributed by atoms with Crippen LogP contribution < -0.4 is 5.32 Å². The molecule has 4 nitrogen and oxygen atoms in total. The highest BCUT2D eigenvalue weighted by molar-refractivity contribution is 5.68. The van der Waals surface area contributed by atoms with Gasteiger partial charge in [0.25, 0.3) is 0 Å². The summed E-state index contributed by atoms with van der Waals surface area (Å²) in [5, 5.41) is 18.2. The molecule has 0 unspecified atom stereocenters. The number of alkyl halides is 9. The Labute approximate surface area is 110 Å². The van der Waals surface area contributed by atoms with Crippen molar-refractivity contribution in [2.45, 2.75) is 30.0 Å². The summed E-state index contributed by atoms with van der Waals surface area (Å²) in [6.07, 6.45) is -10.7. The lowest BCUT2D eigenvalue weighted by Gasteiger charge is -2.35. The summed E-state index contributed by atoms with van der Waals surface area (Å²) in [6.45, 7) is -2.77. The number of hydrogen-bond donors (Lipinski definition) is 3. The molecule has 0 aliphatic heterocycles. The minimum absolute atomic E-state index is 1.12. The zero-order valence-electron chi connectivity index (χ0n) is 9.70. The van der Waals surface area contributed by atoms with E-state index in [1.165, 1.54) is 5.32 Å². The van der Waals surface area contributed by atoms with Crippen molar-refractivity contribution in [1.82, 2.24) is 5.32 Å². The second kappa shape index (κ2) is 5.87. The van der Waals surface area contributed by atoms with Crippen LogP contribution in [0.25, 0.3) is 0 Å². The SMILES string of the molecule is O=C(O)CNC[C@H](O)C(F)(F)C(F)(F)C(F)(F)C(F)(F)F. The third-order valence-electron chi connectivity index (χ3n) is 2.20. The van der Waals surface area contributed by atoms with E-state index in [0.717, 1.165) is 0 Å². The number of hydrogen-bond acceptors (Lipinski definition) is 3. The summed E-state index contributed by atoms with van der Waals surface area (Å²) < 4.78 is 112. The van der Waals surface area contributed by atoms with Crippen LogP contribution in [0.4, 0.5) is 39.5 Å². The predicted octanol–water partition coefficient (Wildman–Crippen LogP) is 1.49. The van der Waals surface area contributed by atoms with Crippen molar-refractivity contribution in [3.8, 4) is 0 Å².